The lowest BCUT2D eigenvalue weighted by Gasteiger charge is -2.15. The molecule has 1 N–H and O–H groups in total. The van der Waals surface area contributed by atoms with Crippen molar-refractivity contribution < 1.29 is 9.90 Å². The maximum absolute atomic E-state index is 12.1. The molecule has 0 fully saturated rings. The Hall–Kier alpha value is -2.50. The Labute approximate surface area is 122 Å². The summed E-state index contributed by atoms with van der Waals surface area (Å²) in [5, 5.41) is 8.82. The van der Waals surface area contributed by atoms with Crippen LogP contribution < -0.4 is 5.69 Å². The monoisotopic (exact) mass is 287 g/mol. The first-order valence-corrected chi connectivity index (χ1v) is 6.66. The first kappa shape index (κ1) is 14.9. The Bertz CT molecular complexity index is 708. The summed E-state index contributed by atoms with van der Waals surface area (Å²) in [6, 6.07) is 3.67. The molecule has 2 aromatic rings. The summed E-state index contributed by atoms with van der Waals surface area (Å²) in [6.45, 7) is 3.97. The van der Waals surface area contributed by atoms with E-state index in [4.69, 9.17) is 5.11 Å². The van der Waals surface area contributed by atoms with Crippen LogP contribution in [0.3, 0.4) is 0 Å². The molecule has 2 aromatic heterocycles. The van der Waals surface area contributed by atoms with Gasteiger partial charge in [0.15, 0.2) is 0 Å². The number of aliphatic carboxylic acids is 1. The van der Waals surface area contributed by atoms with E-state index in [2.05, 4.69) is 9.97 Å². The van der Waals surface area contributed by atoms with Crippen LogP contribution >= 0.6 is 0 Å². The zero-order valence-electron chi connectivity index (χ0n) is 12.0. The summed E-state index contributed by atoms with van der Waals surface area (Å²) in [5.41, 5.74) is 2.83. The van der Waals surface area contributed by atoms with Gasteiger partial charge in [-0.3, -0.25) is 14.3 Å². The normalized spacial score (nSPS) is 10.6. The van der Waals surface area contributed by atoms with Crippen LogP contribution in [0.4, 0.5) is 0 Å². The van der Waals surface area contributed by atoms with Crippen molar-refractivity contribution in [2.45, 2.75) is 33.2 Å². The van der Waals surface area contributed by atoms with Crippen LogP contribution in [0, 0.1) is 13.8 Å². The van der Waals surface area contributed by atoms with Crippen LogP contribution in [0.5, 0.6) is 0 Å². The summed E-state index contributed by atoms with van der Waals surface area (Å²) in [4.78, 5) is 30.8. The van der Waals surface area contributed by atoms with Crippen molar-refractivity contribution in [3.63, 3.8) is 0 Å². The third kappa shape index (κ3) is 3.53. The van der Waals surface area contributed by atoms with Gasteiger partial charge in [-0.05, 0) is 43.5 Å². The molecule has 0 radical (unpaired) electrons. The van der Waals surface area contributed by atoms with E-state index in [-0.39, 0.29) is 12.1 Å². The van der Waals surface area contributed by atoms with Gasteiger partial charge in [-0.1, -0.05) is 0 Å². The molecule has 2 heterocycles. The predicted molar refractivity (Wildman–Crippen MR) is 77.3 cm³/mol. The summed E-state index contributed by atoms with van der Waals surface area (Å²) < 4.78 is 1.57. The number of aromatic nitrogens is 3. The number of hydrogen-bond acceptors (Lipinski definition) is 4. The molecule has 0 atom stereocenters. The number of pyridine rings is 1. The predicted octanol–water partition coefficient (Wildman–Crippen LogP) is 1.32. The standard InChI is InChI=1S/C15H17N3O3/c1-10-13(3-4-14(19)20)11(2)18(15(21)17-10)9-12-5-7-16-8-6-12/h5-8H,3-4,9H2,1-2H3,(H,19,20). The molecule has 6 nitrogen and oxygen atoms in total. The Morgan fingerprint density at radius 1 is 1.29 bits per heavy atom. The third-order valence-electron chi connectivity index (χ3n) is 3.45. The average molecular weight is 287 g/mol. The van der Waals surface area contributed by atoms with Crippen molar-refractivity contribution in [2.75, 3.05) is 0 Å². The highest BCUT2D eigenvalue weighted by molar-refractivity contribution is 5.67. The molecule has 0 saturated heterocycles. The summed E-state index contributed by atoms with van der Waals surface area (Å²) in [6.07, 6.45) is 3.73. The second-order valence-electron chi connectivity index (χ2n) is 4.88. The number of rotatable bonds is 5. The van der Waals surface area contributed by atoms with Gasteiger partial charge in [0, 0.05) is 30.2 Å². The lowest BCUT2D eigenvalue weighted by atomic mass is 10.1. The van der Waals surface area contributed by atoms with E-state index in [9.17, 15) is 9.59 Å². The van der Waals surface area contributed by atoms with Gasteiger partial charge in [0.2, 0.25) is 0 Å². The number of hydrogen-bond donors (Lipinski definition) is 1. The van der Waals surface area contributed by atoms with Gasteiger partial charge in [0.25, 0.3) is 0 Å². The zero-order valence-corrected chi connectivity index (χ0v) is 12.0. The largest absolute Gasteiger partial charge is 0.481 e. The molecular formula is C15H17N3O3. The molecule has 2 rings (SSSR count). The molecular weight excluding hydrogens is 270 g/mol. The molecule has 21 heavy (non-hydrogen) atoms. The van der Waals surface area contributed by atoms with Crippen LogP contribution in [-0.2, 0) is 17.8 Å². The smallest absolute Gasteiger partial charge is 0.348 e. The fourth-order valence-electron chi connectivity index (χ4n) is 2.29. The Kier molecular flexibility index (Phi) is 4.47. The van der Waals surface area contributed by atoms with Crippen LogP contribution in [-0.4, -0.2) is 25.6 Å². The zero-order chi connectivity index (χ0) is 15.4. The number of nitrogens with zero attached hydrogens (tertiary/aromatic N) is 3. The van der Waals surface area contributed by atoms with Crippen molar-refractivity contribution in [3.8, 4) is 0 Å². The van der Waals surface area contributed by atoms with E-state index >= 15 is 0 Å². The molecule has 0 bridgehead atoms. The van der Waals surface area contributed by atoms with E-state index in [0.29, 0.717) is 18.7 Å². The van der Waals surface area contributed by atoms with Gasteiger partial charge in [0.1, 0.15) is 0 Å². The van der Waals surface area contributed by atoms with Crippen molar-refractivity contribution in [1.82, 2.24) is 14.5 Å². The van der Waals surface area contributed by atoms with E-state index < -0.39 is 5.97 Å². The molecule has 0 aliphatic rings. The van der Waals surface area contributed by atoms with Crippen LogP contribution in [0.1, 0.15) is 28.9 Å². The molecule has 0 spiro atoms. The number of aryl methyl sites for hydroxylation is 1. The van der Waals surface area contributed by atoms with Gasteiger partial charge in [0.05, 0.1) is 6.54 Å². The second kappa shape index (κ2) is 6.30. The lowest BCUT2D eigenvalue weighted by Crippen LogP contribution is -2.28. The molecule has 110 valence electrons. The fraction of sp³-hybridized carbons (Fsp3) is 0.333. The highest BCUT2D eigenvalue weighted by Crippen LogP contribution is 2.13. The Balaban J connectivity index is 2.39. The summed E-state index contributed by atoms with van der Waals surface area (Å²) in [5.74, 6) is -0.860. The van der Waals surface area contributed by atoms with Gasteiger partial charge in [-0.25, -0.2) is 4.79 Å². The average Bonchev–Trinajstić information content (AvgIpc) is 2.44. The molecule has 0 aromatic carbocycles. The quantitative estimate of drug-likeness (QED) is 0.896. The Morgan fingerprint density at radius 3 is 2.57 bits per heavy atom. The number of carboxylic acid groups (broad SMARTS) is 1. The van der Waals surface area contributed by atoms with Crippen LogP contribution in [0.2, 0.25) is 0 Å². The first-order chi connectivity index (χ1) is 9.99. The maximum Gasteiger partial charge on any atom is 0.348 e. The number of carboxylic acids is 1. The second-order valence-corrected chi connectivity index (χ2v) is 4.88. The van der Waals surface area contributed by atoms with E-state index in [0.717, 1.165) is 16.8 Å². The third-order valence-corrected chi connectivity index (χ3v) is 3.45. The summed E-state index contributed by atoms with van der Waals surface area (Å²) >= 11 is 0. The van der Waals surface area contributed by atoms with Gasteiger partial charge < -0.3 is 5.11 Å². The van der Waals surface area contributed by atoms with E-state index in [1.807, 2.05) is 19.1 Å². The topological polar surface area (TPSA) is 85.1 Å². The minimum Gasteiger partial charge on any atom is -0.481 e. The summed E-state index contributed by atoms with van der Waals surface area (Å²) in [7, 11) is 0. The van der Waals surface area contributed by atoms with Crippen LogP contribution in [0.25, 0.3) is 0 Å². The van der Waals surface area contributed by atoms with Crippen LogP contribution in [0.15, 0.2) is 29.3 Å². The first-order valence-electron chi connectivity index (χ1n) is 6.66. The van der Waals surface area contributed by atoms with E-state index in [1.165, 1.54) is 0 Å². The molecule has 0 unspecified atom stereocenters. The lowest BCUT2D eigenvalue weighted by molar-refractivity contribution is -0.136. The highest BCUT2D eigenvalue weighted by atomic mass is 16.4. The SMILES string of the molecule is Cc1nc(=O)n(Cc2ccncc2)c(C)c1CCC(=O)O. The van der Waals surface area contributed by atoms with Gasteiger partial charge in [-0.2, -0.15) is 4.98 Å². The van der Waals surface area contributed by atoms with Crippen molar-refractivity contribution >= 4 is 5.97 Å². The molecule has 0 aliphatic heterocycles. The highest BCUT2D eigenvalue weighted by Gasteiger charge is 2.13. The van der Waals surface area contributed by atoms with Gasteiger partial charge >= 0.3 is 11.7 Å². The van der Waals surface area contributed by atoms with Crippen molar-refractivity contribution in [1.29, 1.82) is 0 Å². The molecule has 0 amide bonds. The van der Waals surface area contributed by atoms with Crippen molar-refractivity contribution in [3.05, 3.63) is 57.5 Å². The minimum absolute atomic E-state index is 0.0246. The fourth-order valence-corrected chi connectivity index (χ4v) is 2.29. The Morgan fingerprint density at radius 2 is 1.95 bits per heavy atom. The van der Waals surface area contributed by atoms with E-state index in [1.54, 1.807) is 23.9 Å². The number of carbonyl (C=O) groups is 1. The maximum atomic E-state index is 12.1. The van der Waals surface area contributed by atoms with Crippen molar-refractivity contribution in [2.24, 2.45) is 0 Å². The van der Waals surface area contributed by atoms with Gasteiger partial charge in [-0.15, -0.1) is 0 Å². The molecule has 0 saturated carbocycles. The molecule has 6 heteroatoms. The minimum atomic E-state index is -0.860. The molecule has 0 aliphatic carbocycles.